The quantitative estimate of drug-likeness (QED) is 0.184. The monoisotopic (exact) mass is 451 g/mol. The average Bonchev–Trinajstić information content (AvgIpc) is 2.55. The van der Waals surface area contributed by atoms with E-state index in [1.165, 1.54) is 17.0 Å². The van der Waals surface area contributed by atoms with Crippen LogP contribution in [-0.4, -0.2) is 11.4 Å². The zero-order valence-corrected chi connectivity index (χ0v) is 16.3. The van der Waals surface area contributed by atoms with Crippen LogP contribution in [0.25, 0.3) is 10.8 Å². The van der Waals surface area contributed by atoms with E-state index in [-0.39, 0.29) is 34.0 Å². The molecule has 0 atom stereocenters. The van der Waals surface area contributed by atoms with Crippen molar-refractivity contribution in [2.45, 2.75) is 19.5 Å². The third-order valence-electron chi connectivity index (χ3n) is 3.67. The average molecular weight is 453 g/mol. The molecule has 0 aliphatic heterocycles. The molecule has 0 radical (unpaired) electrons. The number of aryl methyl sites for hydroxylation is 2. The Bertz CT molecular complexity index is 809. The lowest BCUT2D eigenvalue weighted by molar-refractivity contribution is -0.726. The minimum absolute atomic E-state index is 0. The number of hydrogen-bond donors (Lipinski definition) is 1. The van der Waals surface area contributed by atoms with Gasteiger partial charge in [-0.1, -0.05) is 23.4 Å². The standard InChI is InChI=1S/C18H18N3O.2BrH/c22-19-13-16-5-3-9-20(14-16)10-4-11-21-12-8-17-6-1-2-7-18(17)15-21;;/h1-3,5-9,12-15H,4,10-11H2;2*1H/q+1;;/p-1/b19-13+;;. The maximum absolute atomic E-state index is 8.58. The Morgan fingerprint density at radius 2 is 1.54 bits per heavy atom. The van der Waals surface area contributed by atoms with E-state index in [4.69, 9.17) is 5.21 Å². The summed E-state index contributed by atoms with van der Waals surface area (Å²) in [5.41, 5.74) is 0.892. The Morgan fingerprint density at radius 3 is 2.29 bits per heavy atom. The summed E-state index contributed by atoms with van der Waals surface area (Å²) in [6.45, 7) is 1.89. The maximum Gasteiger partial charge on any atom is 0.177 e. The van der Waals surface area contributed by atoms with Crippen molar-refractivity contribution in [1.82, 2.24) is 0 Å². The van der Waals surface area contributed by atoms with Crippen LogP contribution in [0.5, 0.6) is 0 Å². The summed E-state index contributed by atoms with van der Waals surface area (Å²) in [5.74, 6) is 0. The van der Waals surface area contributed by atoms with Crippen molar-refractivity contribution in [3.63, 3.8) is 0 Å². The normalized spacial score (nSPS) is 10.3. The van der Waals surface area contributed by atoms with Crippen molar-refractivity contribution < 1.29 is 48.3 Å². The number of oxime groups is 1. The first kappa shape index (κ1) is 20.3. The molecule has 0 saturated carbocycles. The maximum atomic E-state index is 8.58. The molecule has 4 nitrogen and oxygen atoms in total. The lowest BCUT2D eigenvalue weighted by atomic mass is 10.2. The van der Waals surface area contributed by atoms with E-state index in [1.54, 1.807) is 0 Å². The summed E-state index contributed by atoms with van der Waals surface area (Å²) in [6.07, 6.45) is 10.8. The Hall–Kier alpha value is -1.79. The van der Waals surface area contributed by atoms with Gasteiger partial charge in [0.1, 0.15) is 0 Å². The largest absolute Gasteiger partial charge is 1.00 e. The molecule has 0 bridgehead atoms. The van der Waals surface area contributed by atoms with Crippen molar-refractivity contribution in [3.8, 4) is 0 Å². The van der Waals surface area contributed by atoms with Crippen molar-refractivity contribution in [2.75, 3.05) is 0 Å². The van der Waals surface area contributed by atoms with Gasteiger partial charge >= 0.3 is 0 Å². The fourth-order valence-electron chi connectivity index (χ4n) is 2.58. The first-order chi connectivity index (χ1) is 10.8. The van der Waals surface area contributed by atoms with E-state index in [0.717, 1.165) is 25.1 Å². The number of nitrogens with zero attached hydrogens (tertiary/aromatic N) is 3. The number of aromatic nitrogens is 2. The highest BCUT2D eigenvalue weighted by Gasteiger charge is 2.06. The van der Waals surface area contributed by atoms with Gasteiger partial charge in [-0.05, 0) is 17.5 Å². The van der Waals surface area contributed by atoms with Crippen LogP contribution in [0.4, 0.5) is 0 Å². The Morgan fingerprint density at radius 1 is 0.833 bits per heavy atom. The van der Waals surface area contributed by atoms with Crippen molar-refractivity contribution >= 4 is 17.0 Å². The van der Waals surface area contributed by atoms with Crippen LogP contribution < -0.4 is 43.1 Å². The van der Waals surface area contributed by atoms with E-state index in [0.29, 0.717) is 0 Å². The molecule has 0 spiro atoms. The summed E-state index contributed by atoms with van der Waals surface area (Å²) < 4.78 is 4.33. The molecule has 1 N–H and O–H groups in total. The first-order valence-corrected chi connectivity index (χ1v) is 7.39. The fraction of sp³-hybridized carbons (Fsp3) is 0.167. The summed E-state index contributed by atoms with van der Waals surface area (Å²) >= 11 is 0. The molecule has 0 amide bonds. The van der Waals surface area contributed by atoms with Crippen LogP contribution in [0.15, 0.2) is 72.4 Å². The molecule has 0 aliphatic rings. The van der Waals surface area contributed by atoms with Gasteiger partial charge in [0.05, 0.1) is 18.2 Å². The minimum atomic E-state index is 0. The van der Waals surface area contributed by atoms with Crippen molar-refractivity contribution in [2.24, 2.45) is 5.16 Å². The zero-order valence-electron chi connectivity index (χ0n) is 13.1. The summed E-state index contributed by atoms with van der Waals surface area (Å²) in [7, 11) is 0. The number of fused-ring (bicyclic) bond motifs is 1. The van der Waals surface area contributed by atoms with E-state index in [2.05, 4.69) is 57.0 Å². The molecule has 0 unspecified atom stereocenters. The van der Waals surface area contributed by atoms with Gasteiger partial charge in [0, 0.05) is 17.5 Å². The molecule has 2 heterocycles. The van der Waals surface area contributed by atoms with Crippen LogP contribution in [-0.2, 0) is 13.1 Å². The second-order valence-corrected chi connectivity index (χ2v) is 5.28. The number of rotatable bonds is 5. The molecular formula is C18H19Br2N3O. The van der Waals surface area contributed by atoms with E-state index < -0.39 is 0 Å². The van der Waals surface area contributed by atoms with Crippen LogP contribution >= 0.6 is 0 Å². The minimum Gasteiger partial charge on any atom is -1.00 e. The highest BCUT2D eigenvalue weighted by molar-refractivity contribution is 5.80. The zero-order chi connectivity index (χ0) is 15.2. The molecule has 24 heavy (non-hydrogen) atoms. The van der Waals surface area contributed by atoms with Gasteiger partial charge in [0.2, 0.25) is 0 Å². The van der Waals surface area contributed by atoms with Crippen LogP contribution in [0.1, 0.15) is 12.0 Å². The smallest absolute Gasteiger partial charge is 0.177 e. The SMILES string of the molecule is O/N=C/c1ccc[n+](CCC[n+]2ccc3ccccc3c2)c1.[Br-].[Br-]. The molecule has 1 aromatic carbocycles. The Kier molecular flexibility index (Phi) is 8.57. The van der Waals surface area contributed by atoms with Gasteiger partial charge in [-0.2, -0.15) is 0 Å². The van der Waals surface area contributed by atoms with Crippen LogP contribution in [0.2, 0.25) is 0 Å². The predicted molar refractivity (Wildman–Crippen MR) is 84.8 cm³/mol. The molecule has 3 rings (SSSR count). The van der Waals surface area contributed by atoms with Crippen molar-refractivity contribution in [1.29, 1.82) is 0 Å². The molecule has 3 aromatic rings. The van der Waals surface area contributed by atoms with Gasteiger partial charge in [-0.25, -0.2) is 9.13 Å². The lowest BCUT2D eigenvalue weighted by Crippen LogP contribution is -3.00. The third kappa shape index (κ3) is 5.39. The molecule has 0 saturated heterocycles. The number of pyridine rings is 2. The molecule has 126 valence electrons. The number of benzene rings is 1. The van der Waals surface area contributed by atoms with Gasteiger partial charge in [0.25, 0.3) is 0 Å². The molecular weight excluding hydrogens is 434 g/mol. The topological polar surface area (TPSA) is 40.4 Å². The van der Waals surface area contributed by atoms with E-state index in [1.807, 2.05) is 24.5 Å². The summed E-state index contributed by atoms with van der Waals surface area (Å²) in [5, 5.41) is 14.2. The summed E-state index contributed by atoms with van der Waals surface area (Å²) in [4.78, 5) is 0. The van der Waals surface area contributed by atoms with Crippen LogP contribution in [0, 0.1) is 0 Å². The highest BCUT2D eigenvalue weighted by atomic mass is 79.9. The van der Waals surface area contributed by atoms with Gasteiger partial charge < -0.3 is 39.2 Å². The van der Waals surface area contributed by atoms with E-state index in [9.17, 15) is 0 Å². The molecule has 2 aromatic heterocycles. The Labute approximate surface area is 162 Å². The lowest BCUT2D eigenvalue weighted by Gasteiger charge is -1.99. The number of hydrogen-bond acceptors (Lipinski definition) is 2. The van der Waals surface area contributed by atoms with E-state index >= 15 is 0 Å². The summed E-state index contributed by atoms with van der Waals surface area (Å²) in [6, 6.07) is 14.4. The molecule has 0 aliphatic carbocycles. The van der Waals surface area contributed by atoms with Gasteiger partial charge in [-0.15, -0.1) is 0 Å². The third-order valence-corrected chi connectivity index (χ3v) is 3.67. The van der Waals surface area contributed by atoms with Crippen LogP contribution in [0.3, 0.4) is 0 Å². The second-order valence-electron chi connectivity index (χ2n) is 5.28. The Balaban J connectivity index is 0.00000144. The first-order valence-electron chi connectivity index (χ1n) is 7.39. The second kappa shape index (κ2) is 10.2. The van der Waals surface area contributed by atoms with Gasteiger partial charge in [-0.3, -0.25) is 0 Å². The fourth-order valence-corrected chi connectivity index (χ4v) is 2.58. The van der Waals surface area contributed by atoms with Gasteiger partial charge in [0.15, 0.2) is 37.9 Å². The molecule has 0 fully saturated rings. The van der Waals surface area contributed by atoms with Crippen molar-refractivity contribution in [3.05, 3.63) is 72.8 Å². The highest BCUT2D eigenvalue weighted by Crippen LogP contribution is 2.09. The molecule has 6 heteroatoms. The predicted octanol–water partition coefficient (Wildman–Crippen LogP) is -3.68. The number of halogens is 2.